The number of hydrogen-bond donors (Lipinski definition) is 1. The fourth-order valence-corrected chi connectivity index (χ4v) is 2.29. The second kappa shape index (κ2) is 5.89. The first-order valence-corrected chi connectivity index (χ1v) is 6.78. The normalized spacial score (nSPS) is 10.8. The van der Waals surface area contributed by atoms with Crippen LogP contribution in [0.4, 0.5) is 4.39 Å². The van der Waals surface area contributed by atoms with E-state index in [0.29, 0.717) is 18.7 Å². The Bertz CT molecular complexity index is 768. The summed E-state index contributed by atoms with van der Waals surface area (Å²) in [6.45, 7) is 0.441. The first-order valence-electron chi connectivity index (χ1n) is 6.78. The zero-order valence-electron chi connectivity index (χ0n) is 11.4. The molecule has 0 radical (unpaired) electrons. The Morgan fingerprint density at radius 1 is 1.05 bits per heavy atom. The van der Waals surface area contributed by atoms with Gasteiger partial charge in [-0.2, -0.15) is 0 Å². The van der Waals surface area contributed by atoms with Gasteiger partial charge in [-0.1, -0.05) is 18.2 Å². The van der Waals surface area contributed by atoms with Gasteiger partial charge >= 0.3 is 0 Å². The van der Waals surface area contributed by atoms with E-state index in [0.717, 1.165) is 16.5 Å². The molecule has 2 N–H and O–H groups in total. The van der Waals surface area contributed by atoms with E-state index in [2.05, 4.69) is 4.98 Å². The van der Waals surface area contributed by atoms with Crippen LogP contribution in [0.1, 0.15) is 5.56 Å². The summed E-state index contributed by atoms with van der Waals surface area (Å²) in [5.74, 6) is 0.435. The van der Waals surface area contributed by atoms with Crippen LogP contribution in [0.25, 0.3) is 10.9 Å². The van der Waals surface area contributed by atoms with E-state index >= 15 is 0 Å². The third-order valence-electron chi connectivity index (χ3n) is 3.28. The third kappa shape index (κ3) is 2.71. The van der Waals surface area contributed by atoms with Crippen LogP contribution in [0.15, 0.2) is 54.7 Å². The molecule has 0 atom stereocenters. The Labute approximate surface area is 122 Å². The Balaban J connectivity index is 2.07. The highest BCUT2D eigenvalue weighted by molar-refractivity contribution is 5.85. The molecule has 3 aromatic rings. The van der Waals surface area contributed by atoms with Crippen molar-refractivity contribution in [2.24, 2.45) is 5.73 Å². The average Bonchev–Trinajstić information content (AvgIpc) is 2.51. The molecule has 106 valence electrons. The molecule has 0 bridgehead atoms. The number of pyridine rings is 1. The molecular weight excluding hydrogens is 267 g/mol. The molecule has 4 heteroatoms. The summed E-state index contributed by atoms with van der Waals surface area (Å²) >= 11 is 0. The van der Waals surface area contributed by atoms with Crippen molar-refractivity contribution in [1.29, 1.82) is 0 Å². The van der Waals surface area contributed by atoms with Crippen molar-refractivity contribution in [2.75, 3.05) is 6.54 Å². The number of para-hydroxylation sites is 1. The van der Waals surface area contributed by atoms with Gasteiger partial charge < -0.3 is 10.5 Å². The summed E-state index contributed by atoms with van der Waals surface area (Å²) in [5.41, 5.74) is 7.15. The largest absolute Gasteiger partial charge is 0.453 e. The maximum atomic E-state index is 14.1. The monoisotopic (exact) mass is 282 g/mol. The molecule has 0 saturated heterocycles. The highest BCUT2D eigenvalue weighted by Crippen LogP contribution is 2.32. The van der Waals surface area contributed by atoms with E-state index in [9.17, 15) is 4.39 Å². The fourth-order valence-electron chi connectivity index (χ4n) is 2.29. The molecule has 21 heavy (non-hydrogen) atoms. The van der Waals surface area contributed by atoms with Crippen LogP contribution in [-0.2, 0) is 6.42 Å². The lowest BCUT2D eigenvalue weighted by Gasteiger charge is -2.13. The summed E-state index contributed by atoms with van der Waals surface area (Å²) in [6, 6.07) is 14.2. The number of benzene rings is 2. The molecule has 0 aliphatic heterocycles. The van der Waals surface area contributed by atoms with Gasteiger partial charge in [0, 0.05) is 11.6 Å². The van der Waals surface area contributed by atoms with E-state index in [-0.39, 0.29) is 11.6 Å². The Morgan fingerprint density at radius 3 is 2.76 bits per heavy atom. The van der Waals surface area contributed by atoms with Crippen LogP contribution in [0.2, 0.25) is 0 Å². The number of nitrogens with zero attached hydrogens (tertiary/aromatic N) is 1. The number of ether oxygens (including phenoxy) is 1. The minimum Gasteiger partial charge on any atom is -0.453 e. The topological polar surface area (TPSA) is 48.1 Å². The van der Waals surface area contributed by atoms with Crippen LogP contribution >= 0.6 is 0 Å². The Kier molecular flexibility index (Phi) is 3.79. The maximum absolute atomic E-state index is 14.1. The number of aromatic nitrogens is 1. The molecule has 0 spiro atoms. The summed E-state index contributed by atoms with van der Waals surface area (Å²) in [4.78, 5) is 4.27. The van der Waals surface area contributed by atoms with Crippen LogP contribution in [0.3, 0.4) is 0 Å². The first kappa shape index (κ1) is 13.5. The zero-order chi connectivity index (χ0) is 14.7. The van der Waals surface area contributed by atoms with Gasteiger partial charge in [0.15, 0.2) is 11.6 Å². The highest BCUT2D eigenvalue weighted by atomic mass is 19.1. The number of rotatable bonds is 4. The van der Waals surface area contributed by atoms with Crippen LogP contribution in [-0.4, -0.2) is 11.5 Å². The van der Waals surface area contributed by atoms with Gasteiger partial charge in [0.2, 0.25) is 0 Å². The highest BCUT2D eigenvalue weighted by Gasteiger charge is 2.12. The predicted octanol–water partition coefficient (Wildman–Crippen LogP) is 3.67. The molecule has 2 aromatic carbocycles. The molecule has 0 aliphatic rings. The number of halogens is 1. The summed E-state index contributed by atoms with van der Waals surface area (Å²) in [5, 5.41) is 0.849. The van der Waals surface area contributed by atoms with Crippen molar-refractivity contribution in [3.63, 3.8) is 0 Å². The average molecular weight is 282 g/mol. The van der Waals surface area contributed by atoms with Gasteiger partial charge in [-0.3, -0.25) is 4.98 Å². The summed E-state index contributed by atoms with van der Waals surface area (Å²) in [6.07, 6.45) is 2.28. The van der Waals surface area contributed by atoms with Crippen LogP contribution < -0.4 is 10.5 Å². The van der Waals surface area contributed by atoms with E-state index < -0.39 is 0 Å². The number of fused-ring (bicyclic) bond motifs is 1. The van der Waals surface area contributed by atoms with Crippen molar-refractivity contribution < 1.29 is 9.13 Å². The lowest BCUT2D eigenvalue weighted by Crippen LogP contribution is -2.05. The van der Waals surface area contributed by atoms with E-state index in [1.165, 1.54) is 6.07 Å². The smallest absolute Gasteiger partial charge is 0.166 e. The van der Waals surface area contributed by atoms with E-state index in [1.54, 1.807) is 12.3 Å². The predicted molar refractivity (Wildman–Crippen MR) is 81.0 cm³/mol. The SMILES string of the molecule is NCCc1cccc(F)c1Oc1cccc2ncccc12. The zero-order valence-corrected chi connectivity index (χ0v) is 11.4. The molecule has 0 fully saturated rings. The van der Waals surface area contributed by atoms with Crippen molar-refractivity contribution >= 4 is 10.9 Å². The molecule has 0 unspecified atom stereocenters. The lowest BCUT2D eigenvalue weighted by molar-refractivity contribution is 0.440. The third-order valence-corrected chi connectivity index (χ3v) is 3.28. The van der Waals surface area contributed by atoms with Gasteiger partial charge in [-0.15, -0.1) is 0 Å². The number of nitrogens with two attached hydrogens (primary N) is 1. The molecule has 1 heterocycles. The molecule has 0 saturated carbocycles. The number of hydrogen-bond acceptors (Lipinski definition) is 3. The van der Waals surface area contributed by atoms with Crippen molar-refractivity contribution in [1.82, 2.24) is 4.98 Å². The molecule has 0 amide bonds. The van der Waals surface area contributed by atoms with Crippen molar-refractivity contribution in [2.45, 2.75) is 6.42 Å². The second-order valence-corrected chi connectivity index (χ2v) is 4.70. The Hall–Kier alpha value is -2.46. The molecule has 3 rings (SSSR count). The lowest BCUT2D eigenvalue weighted by atomic mass is 10.1. The van der Waals surface area contributed by atoms with Gasteiger partial charge in [0.05, 0.1) is 5.52 Å². The second-order valence-electron chi connectivity index (χ2n) is 4.70. The van der Waals surface area contributed by atoms with Crippen molar-refractivity contribution in [3.8, 4) is 11.5 Å². The maximum Gasteiger partial charge on any atom is 0.166 e. The Morgan fingerprint density at radius 2 is 1.90 bits per heavy atom. The van der Waals surface area contributed by atoms with E-state index in [4.69, 9.17) is 10.5 Å². The minimum absolute atomic E-state index is 0.235. The first-order chi connectivity index (χ1) is 10.3. The quantitative estimate of drug-likeness (QED) is 0.794. The fraction of sp³-hybridized carbons (Fsp3) is 0.118. The van der Waals surface area contributed by atoms with Crippen molar-refractivity contribution in [3.05, 3.63) is 66.1 Å². The van der Waals surface area contributed by atoms with Gasteiger partial charge in [0.25, 0.3) is 0 Å². The van der Waals surface area contributed by atoms with Gasteiger partial charge in [0.1, 0.15) is 5.75 Å². The molecular formula is C17H15FN2O. The molecule has 1 aromatic heterocycles. The standard InChI is InChI=1S/C17H15FN2O/c18-14-6-1-4-12(9-10-19)17(14)21-16-8-2-7-15-13(16)5-3-11-20-15/h1-8,11H,9-10,19H2. The van der Waals surface area contributed by atoms with E-state index in [1.807, 2.05) is 36.4 Å². The molecule has 3 nitrogen and oxygen atoms in total. The minimum atomic E-state index is -0.387. The van der Waals surface area contributed by atoms with Gasteiger partial charge in [-0.25, -0.2) is 4.39 Å². The van der Waals surface area contributed by atoms with Crippen LogP contribution in [0, 0.1) is 5.82 Å². The molecule has 0 aliphatic carbocycles. The van der Waals surface area contributed by atoms with Gasteiger partial charge in [-0.05, 0) is 48.9 Å². The summed E-state index contributed by atoms with van der Waals surface area (Å²) < 4.78 is 19.9. The van der Waals surface area contributed by atoms with Crippen LogP contribution in [0.5, 0.6) is 11.5 Å². The summed E-state index contributed by atoms with van der Waals surface area (Å²) in [7, 11) is 0.